The molecule has 2 aromatic rings. The van der Waals surface area contributed by atoms with Gasteiger partial charge in [0.25, 0.3) is 0 Å². The van der Waals surface area contributed by atoms with Crippen LogP contribution in [-0.4, -0.2) is 46.7 Å². The number of hydrogen-bond acceptors (Lipinski definition) is 4. The third-order valence-corrected chi connectivity index (χ3v) is 5.62. The van der Waals surface area contributed by atoms with E-state index in [9.17, 15) is 4.79 Å². The van der Waals surface area contributed by atoms with Crippen molar-refractivity contribution in [2.24, 2.45) is 11.8 Å². The quantitative estimate of drug-likeness (QED) is 0.878. The second-order valence-corrected chi connectivity index (χ2v) is 7.68. The maximum absolute atomic E-state index is 12.9. The van der Waals surface area contributed by atoms with Crippen LogP contribution in [0.2, 0.25) is 0 Å². The van der Waals surface area contributed by atoms with Crippen molar-refractivity contribution in [1.29, 1.82) is 0 Å². The lowest BCUT2D eigenvalue weighted by Crippen LogP contribution is -2.40. The monoisotopic (exact) mass is 368 g/mol. The van der Waals surface area contributed by atoms with Crippen molar-refractivity contribution in [3.8, 4) is 0 Å². The number of carbonyl (C=O) groups excluding carboxylic acids is 1. The first-order valence-electron chi connectivity index (χ1n) is 9.88. The molecule has 144 valence electrons. The number of amides is 1. The fraction of sp³-hybridized carbons (Fsp3) is 0.524. The highest BCUT2D eigenvalue weighted by Gasteiger charge is 2.28. The third-order valence-electron chi connectivity index (χ3n) is 5.62. The second-order valence-electron chi connectivity index (χ2n) is 7.68. The van der Waals surface area contributed by atoms with Gasteiger partial charge in [-0.2, -0.15) is 0 Å². The van der Waals surface area contributed by atoms with Crippen LogP contribution in [0.1, 0.15) is 24.1 Å². The SMILES string of the molecule is O=C(NCc1cccnc1)C1CN(CC2CCOCC2)Cc2cccn2C1. The van der Waals surface area contributed by atoms with E-state index in [1.54, 1.807) is 12.4 Å². The minimum absolute atomic E-state index is 0.0461. The molecule has 1 saturated heterocycles. The lowest BCUT2D eigenvalue weighted by Gasteiger charge is -2.30. The summed E-state index contributed by atoms with van der Waals surface area (Å²) in [5.41, 5.74) is 2.32. The number of pyridine rings is 1. The van der Waals surface area contributed by atoms with Gasteiger partial charge in [-0.15, -0.1) is 0 Å². The van der Waals surface area contributed by atoms with Crippen LogP contribution in [0.4, 0.5) is 0 Å². The number of carbonyl (C=O) groups is 1. The highest BCUT2D eigenvalue weighted by atomic mass is 16.5. The van der Waals surface area contributed by atoms with Gasteiger partial charge in [0.15, 0.2) is 0 Å². The molecule has 6 nitrogen and oxygen atoms in total. The molecule has 2 aliphatic rings. The lowest BCUT2D eigenvalue weighted by molar-refractivity contribution is -0.126. The molecule has 0 spiro atoms. The summed E-state index contributed by atoms with van der Waals surface area (Å²) < 4.78 is 7.73. The second kappa shape index (κ2) is 8.67. The molecule has 1 atom stereocenters. The molecular formula is C21H28N4O2. The van der Waals surface area contributed by atoms with E-state index in [1.807, 2.05) is 12.1 Å². The van der Waals surface area contributed by atoms with Gasteiger partial charge < -0.3 is 14.6 Å². The summed E-state index contributed by atoms with van der Waals surface area (Å²) in [6, 6.07) is 8.14. The summed E-state index contributed by atoms with van der Waals surface area (Å²) in [7, 11) is 0. The van der Waals surface area contributed by atoms with E-state index < -0.39 is 0 Å². The zero-order valence-electron chi connectivity index (χ0n) is 15.7. The molecular weight excluding hydrogens is 340 g/mol. The Bertz CT molecular complexity index is 740. The molecule has 2 aliphatic heterocycles. The molecule has 1 unspecified atom stereocenters. The Kier molecular flexibility index (Phi) is 5.84. The van der Waals surface area contributed by atoms with E-state index in [2.05, 4.69) is 38.1 Å². The molecule has 0 aromatic carbocycles. The zero-order chi connectivity index (χ0) is 18.5. The molecule has 6 heteroatoms. The normalized spacial score (nSPS) is 21.4. The molecule has 27 heavy (non-hydrogen) atoms. The maximum Gasteiger partial charge on any atom is 0.226 e. The molecule has 4 heterocycles. The summed E-state index contributed by atoms with van der Waals surface area (Å²) in [5.74, 6) is 0.743. The molecule has 4 rings (SSSR count). The lowest BCUT2D eigenvalue weighted by atomic mass is 9.99. The van der Waals surface area contributed by atoms with Gasteiger partial charge in [0, 0.05) is 70.2 Å². The Balaban J connectivity index is 1.41. The molecule has 1 fully saturated rings. The summed E-state index contributed by atoms with van der Waals surface area (Å²) in [5, 5.41) is 3.10. The average Bonchev–Trinajstić information content (AvgIpc) is 3.06. The van der Waals surface area contributed by atoms with Gasteiger partial charge in [-0.25, -0.2) is 0 Å². The predicted octanol–water partition coefficient (Wildman–Crippen LogP) is 2.06. The minimum atomic E-state index is -0.0461. The fourth-order valence-corrected chi connectivity index (χ4v) is 4.11. The van der Waals surface area contributed by atoms with Crippen LogP contribution < -0.4 is 5.32 Å². The van der Waals surface area contributed by atoms with Crippen LogP contribution in [-0.2, 0) is 29.2 Å². The van der Waals surface area contributed by atoms with Crippen molar-refractivity contribution in [3.63, 3.8) is 0 Å². The standard InChI is InChI=1S/C21H28N4O2/c26-21(23-12-18-3-1-7-22-11-18)19-14-24(13-17-5-9-27-10-6-17)16-20-4-2-8-25(20)15-19/h1-4,7-8,11,17,19H,5-6,9-10,12-16H2,(H,23,26). The van der Waals surface area contributed by atoms with E-state index in [0.29, 0.717) is 12.5 Å². The van der Waals surface area contributed by atoms with Crippen LogP contribution in [0.5, 0.6) is 0 Å². The number of rotatable bonds is 5. The molecule has 0 bridgehead atoms. The highest BCUT2D eigenvalue weighted by Crippen LogP contribution is 2.22. The van der Waals surface area contributed by atoms with Gasteiger partial charge in [-0.05, 0) is 42.5 Å². The Hall–Kier alpha value is -2.18. The Morgan fingerprint density at radius 2 is 2.11 bits per heavy atom. The Morgan fingerprint density at radius 1 is 1.22 bits per heavy atom. The van der Waals surface area contributed by atoms with Crippen molar-refractivity contribution in [1.82, 2.24) is 19.8 Å². The van der Waals surface area contributed by atoms with Crippen LogP contribution in [0, 0.1) is 11.8 Å². The van der Waals surface area contributed by atoms with E-state index in [1.165, 1.54) is 5.69 Å². The number of nitrogens with zero attached hydrogens (tertiary/aromatic N) is 3. The van der Waals surface area contributed by atoms with Gasteiger partial charge in [0.05, 0.1) is 5.92 Å². The highest BCUT2D eigenvalue weighted by molar-refractivity contribution is 5.78. The number of hydrogen-bond donors (Lipinski definition) is 1. The molecule has 2 aromatic heterocycles. The van der Waals surface area contributed by atoms with E-state index in [-0.39, 0.29) is 11.8 Å². The number of nitrogens with one attached hydrogen (secondary N) is 1. The molecule has 0 saturated carbocycles. The topological polar surface area (TPSA) is 59.4 Å². The van der Waals surface area contributed by atoms with Crippen LogP contribution in [0.3, 0.4) is 0 Å². The van der Waals surface area contributed by atoms with Crippen molar-refractivity contribution in [2.75, 3.05) is 26.3 Å². The number of fused-ring (bicyclic) bond motifs is 1. The van der Waals surface area contributed by atoms with Crippen molar-refractivity contribution in [3.05, 3.63) is 54.1 Å². The predicted molar refractivity (Wildman–Crippen MR) is 103 cm³/mol. The minimum Gasteiger partial charge on any atom is -0.381 e. The van der Waals surface area contributed by atoms with Crippen molar-refractivity contribution >= 4 is 5.91 Å². The first-order chi connectivity index (χ1) is 13.3. The average molecular weight is 368 g/mol. The smallest absolute Gasteiger partial charge is 0.226 e. The molecule has 1 amide bonds. The Labute approximate surface area is 160 Å². The van der Waals surface area contributed by atoms with E-state index >= 15 is 0 Å². The molecule has 0 radical (unpaired) electrons. The van der Waals surface area contributed by atoms with Crippen molar-refractivity contribution in [2.45, 2.75) is 32.5 Å². The largest absolute Gasteiger partial charge is 0.381 e. The van der Waals surface area contributed by atoms with Gasteiger partial charge in [-0.1, -0.05) is 6.07 Å². The van der Waals surface area contributed by atoms with Crippen LogP contribution in [0.25, 0.3) is 0 Å². The number of aromatic nitrogens is 2. The summed E-state index contributed by atoms with van der Waals surface area (Å²) >= 11 is 0. The van der Waals surface area contributed by atoms with Crippen molar-refractivity contribution < 1.29 is 9.53 Å². The Morgan fingerprint density at radius 3 is 2.93 bits per heavy atom. The molecule has 1 N–H and O–H groups in total. The van der Waals surface area contributed by atoms with Gasteiger partial charge in [0.2, 0.25) is 5.91 Å². The van der Waals surface area contributed by atoms with Crippen LogP contribution >= 0.6 is 0 Å². The van der Waals surface area contributed by atoms with Gasteiger partial charge >= 0.3 is 0 Å². The zero-order valence-corrected chi connectivity index (χ0v) is 15.7. The number of ether oxygens (including phenoxy) is 1. The first kappa shape index (κ1) is 18.2. The van der Waals surface area contributed by atoms with Gasteiger partial charge in [0.1, 0.15) is 0 Å². The maximum atomic E-state index is 12.9. The summed E-state index contributed by atoms with van der Waals surface area (Å²) in [4.78, 5) is 19.5. The fourth-order valence-electron chi connectivity index (χ4n) is 4.11. The molecule has 0 aliphatic carbocycles. The summed E-state index contributed by atoms with van der Waals surface area (Å²) in [6.45, 7) is 5.76. The van der Waals surface area contributed by atoms with Crippen LogP contribution in [0.15, 0.2) is 42.9 Å². The summed E-state index contributed by atoms with van der Waals surface area (Å²) in [6.07, 6.45) is 7.88. The van der Waals surface area contributed by atoms with Gasteiger partial charge in [-0.3, -0.25) is 14.7 Å². The first-order valence-corrected chi connectivity index (χ1v) is 9.88. The van der Waals surface area contributed by atoms with E-state index in [0.717, 1.165) is 57.8 Å². The third kappa shape index (κ3) is 4.76. The van der Waals surface area contributed by atoms with E-state index in [4.69, 9.17) is 4.74 Å².